The maximum Gasteiger partial charge on any atom is 0.191 e. The monoisotopic (exact) mass is 249 g/mol. The molecule has 16 heavy (non-hydrogen) atoms. The van der Waals surface area contributed by atoms with Gasteiger partial charge in [0, 0.05) is 18.8 Å². The molecule has 1 aliphatic rings. The Morgan fingerprint density at radius 1 is 1.56 bits per heavy atom. The van der Waals surface area contributed by atoms with Gasteiger partial charge >= 0.3 is 0 Å². The highest BCUT2D eigenvalue weighted by Gasteiger charge is 2.10. The summed E-state index contributed by atoms with van der Waals surface area (Å²) in [5.74, 6) is 0.864. The molecular formula is C9H19N3O3S. The lowest BCUT2D eigenvalue weighted by Gasteiger charge is -2.08. The zero-order chi connectivity index (χ0) is 12.0. The number of aliphatic imine (C=N–C) groups is 1. The number of nitrogens with zero attached hydrogens (tertiary/aromatic N) is 1. The topological polar surface area (TPSA) is 79.8 Å². The lowest BCUT2D eigenvalue weighted by molar-refractivity contribution is 0.154. The molecule has 0 aromatic rings. The van der Waals surface area contributed by atoms with Gasteiger partial charge in [0.2, 0.25) is 0 Å². The SMILES string of the molecule is CC1CN=C(NCCOCCS(C)(=O)=O)N1. The lowest BCUT2D eigenvalue weighted by atomic mass is 10.4. The molecular weight excluding hydrogens is 230 g/mol. The summed E-state index contributed by atoms with van der Waals surface area (Å²) >= 11 is 0. The molecule has 0 aliphatic carbocycles. The van der Waals surface area contributed by atoms with Crippen LogP contribution in [0.5, 0.6) is 0 Å². The molecule has 1 unspecified atom stereocenters. The van der Waals surface area contributed by atoms with E-state index in [1.165, 1.54) is 6.26 Å². The van der Waals surface area contributed by atoms with Crippen molar-refractivity contribution in [3.63, 3.8) is 0 Å². The molecule has 0 saturated heterocycles. The predicted octanol–water partition coefficient (Wildman–Crippen LogP) is -1.02. The highest BCUT2D eigenvalue weighted by atomic mass is 32.2. The average Bonchev–Trinajstić information content (AvgIpc) is 2.56. The zero-order valence-corrected chi connectivity index (χ0v) is 10.5. The first-order chi connectivity index (χ1) is 7.47. The largest absolute Gasteiger partial charge is 0.379 e. The second kappa shape index (κ2) is 6.05. The summed E-state index contributed by atoms with van der Waals surface area (Å²) in [4.78, 5) is 4.22. The van der Waals surface area contributed by atoms with E-state index in [1.54, 1.807) is 0 Å². The van der Waals surface area contributed by atoms with Crippen LogP contribution in [0.15, 0.2) is 4.99 Å². The maximum absolute atomic E-state index is 10.8. The van der Waals surface area contributed by atoms with Gasteiger partial charge in [-0.25, -0.2) is 8.42 Å². The smallest absolute Gasteiger partial charge is 0.191 e. The molecule has 7 heteroatoms. The Morgan fingerprint density at radius 3 is 2.88 bits per heavy atom. The number of ether oxygens (including phenoxy) is 1. The van der Waals surface area contributed by atoms with E-state index in [4.69, 9.17) is 4.74 Å². The van der Waals surface area contributed by atoms with Gasteiger partial charge in [-0.3, -0.25) is 4.99 Å². The van der Waals surface area contributed by atoms with Crippen LogP contribution in [-0.4, -0.2) is 58.7 Å². The van der Waals surface area contributed by atoms with Crippen LogP contribution in [0.4, 0.5) is 0 Å². The Labute approximate surface area is 96.4 Å². The third kappa shape index (κ3) is 5.92. The Balaban J connectivity index is 1.97. The molecule has 0 radical (unpaired) electrons. The third-order valence-corrected chi connectivity index (χ3v) is 2.95. The van der Waals surface area contributed by atoms with Crippen LogP contribution in [0, 0.1) is 0 Å². The number of nitrogens with one attached hydrogen (secondary N) is 2. The van der Waals surface area contributed by atoms with Crippen molar-refractivity contribution in [3.8, 4) is 0 Å². The second-order valence-corrected chi connectivity index (χ2v) is 6.16. The Hall–Kier alpha value is -0.820. The van der Waals surface area contributed by atoms with Crippen molar-refractivity contribution < 1.29 is 13.2 Å². The van der Waals surface area contributed by atoms with Gasteiger partial charge in [-0.2, -0.15) is 0 Å². The molecule has 1 heterocycles. The fourth-order valence-corrected chi connectivity index (χ4v) is 1.63. The summed E-state index contributed by atoms with van der Waals surface area (Å²) in [6.45, 7) is 4.20. The number of rotatable bonds is 6. The number of sulfone groups is 1. The third-order valence-electron chi connectivity index (χ3n) is 2.04. The van der Waals surface area contributed by atoms with Crippen molar-refractivity contribution in [3.05, 3.63) is 0 Å². The molecule has 0 aromatic heterocycles. The fourth-order valence-electron chi connectivity index (χ4n) is 1.21. The predicted molar refractivity (Wildman–Crippen MR) is 63.4 cm³/mol. The fraction of sp³-hybridized carbons (Fsp3) is 0.889. The molecule has 0 aromatic carbocycles. The van der Waals surface area contributed by atoms with Gasteiger partial charge in [0.25, 0.3) is 0 Å². The molecule has 0 fully saturated rings. The minimum atomic E-state index is -2.92. The molecule has 94 valence electrons. The molecule has 6 nitrogen and oxygen atoms in total. The molecule has 0 spiro atoms. The van der Waals surface area contributed by atoms with Gasteiger partial charge in [0.05, 0.1) is 25.5 Å². The Kier molecular flexibility index (Phi) is 5.01. The van der Waals surface area contributed by atoms with Crippen LogP contribution in [-0.2, 0) is 14.6 Å². The van der Waals surface area contributed by atoms with Crippen LogP contribution in [0.2, 0.25) is 0 Å². The van der Waals surface area contributed by atoms with Gasteiger partial charge in [-0.05, 0) is 6.92 Å². The van der Waals surface area contributed by atoms with Crippen molar-refractivity contribution in [1.29, 1.82) is 0 Å². The first-order valence-corrected chi connectivity index (χ1v) is 7.34. The summed E-state index contributed by atoms with van der Waals surface area (Å²) in [5, 5.41) is 6.23. The quantitative estimate of drug-likeness (QED) is 0.589. The summed E-state index contributed by atoms with van der Waals surface area (Å²) in [6.07, 6.45) is 1.20. The van der Waals surface area contributed by atoms with Crippen molar-refractivity contribution in [2.75, 3.05) is 38.3 Å². The standard InChI is InChI=1S/C9H19N3O3S/c1-8-7-11-9(12-8)10-3-4-15-5-6-16(2,13)14/h8H,3-7H2,1-2H3,(H2,10,11,12). The van der Waals surface area contributed by atoms with Crippen molar-refractivity contribution in [2.24, 2.45) is 4.99 Å². The molecule has 1 atom stereocenters. The van der Waals surface area contributed by atoms with Crippen LogP contribution < -0.4 is 10.6 Å². The van der Waals surface area contributed by atoms with Crippen LogP contribution in [0.3, 0.4) is 0 Å². The zero-order valence-electron chi connectivity index (χ0n) is 9.69. The summed E-state index contributed by atoms with van der Waals surface area (Å²) in [5.41, 5.74) is 0. The van der Waals surface area contributed by atoms with Crippen molar-refractivity contribution >= 4 is 15.8 Å². The maximum atomic E-state index is 10.8. The lowest BCUT2D eigenvalue weighted by Crippen LogP contribution is -2.39. The molecule has 0 amide bonds. The van der Waals surface area contributed by atoms with Crippen molar-refractivity contribution in [2.45, 2.75) is 13.0 Å². The van der Waals surface area contributed by atoms with Gasteiger partial charge in [-0.15, -0.1) is 0 Å². The van der Waals surface area contributed by atoms with Gasteiger partial charge < -0.3 is 15.4 Å². The molecule has 0 bridgehead atoms. The van der Waals surface area contributed by atoms with E-state index in [0.717, 1.165) is 12.5 Å². The highest BCUT2D eigenvalue weighted by molar-refractivity contribution is 7.90. The summed E-state index contributed by atoms with van der Waals surface area (Å²) in [6, 6.07) is 0.383. The van der Waals surface area contributed by atoms with E-state index in [-0.39, 0.29) is 12.4 Å². The number of hydrogen-bond donors (Lipinski definition) is 2. The van der Waals surface area contributed by atoms with Gasteiger partial charge in [0.15, 0.2) is 5.96 Å². The normalized spacial score (nSPS) is 20.4. The first kappa shape index (κ1) is 13.2. The van der Waals surface area contributed by atoms with E-state index in [9.17, 15) is 8.42 Å². The molecule has 1 rings (SSSR count). The van der Waals surface area contributed by atoms with Gasteiger partial charge in [0.1, 0.15) is 9.84 Å². The van der Waals surface area contributed by atoms with E-state index < -0.39 is 9.84 Å². The van der Waals surface area contributed by atoms with Crippen LogP contribution >= 0.6 is 0 Å². The van der Waals surface area contributed by atoms with E-state index >= 15 is 0 Å². The first-order valence-electron chi connectivity index (χ1n) is 5.28. The molecule has 1 aliphatic heterocycles. The van der Waals surface area contributed by atoms with Gasteiger partial charge in [-0.1, -0.05) is 0 Å². The summed E-state index contributed by atoms with van der Waals surface area (Å²) < 4.78 is 26.7. The Morgan fingerprint density at radius 2 is 2.31 bits per heavy atom. The van der Waals surface area contributed by atoms with Crippen LogP contribution in [0.1, 0.15) is 6.92 Å². The molecule has 2 N–H and O–H groups in total. The summed E-state index contributed by atoms with van der Waals surface area (Å²) in [7, 11) is -2.92. The number of guanidine groups is 1. The molecule has 0 saturated carbocycles. The minimum absolute atomic E-state index is 0.0726. The van der Waals surface area contributed by atoms with E-state index in [2.05, 4.69) is 22.5 Å². The van der Waals surface area contributed by atoms with Crippen molar-refractivity contribution in [1.82, 2.24) is 10.6 Å². The Bertz CT molecular complexity index is 340. The highest BCUT2D eigenvalue weighted by Crippen LogP contribution is 1.91. The van der Waals surface area contributed by atoms with Crippen LogP contribution in [0.25, 0.3) is 0 Å². The van der Waals surface area contributed by atoms with E-state index in [0.29, 0.717) is 19.2 Å². The number of hydrogen-bond acceptors (Lipinski definition) is 6. The average molecular weight is 249 g/mol. The van der Waals surface area contributed by atoms with E-state index in [1.807, 2.05) is 0 Å². The second-order valence-electron chi connectivity index (χ2n) is 3.90. The minimum Gasteiger partial charge on any atom is -0.379 e.